The number of nitrogens with one attached hydrogen (secondary N) is 1. The van der Waals surface area contributed by atoms with Crippen LogP contribution in [0.15, 0.2) is 36.7 Å². The van der Waals surface area contributed by atoms with Crippen molar-refractivity contribution in [3.8, 4) is 11.4 Å². The van der Waals surface area contributed by atoms with Crippen molar-refractivity contribution in [1.82, 2.24) is 20.1 Å². The van der Waals surface area contributed by atoms with Gasteiger partial charge >= 0.3 is 0 Å². The second kappa shape index (κ2) is 8.39. The van der Waals surface area contributed by atoms with Gasteiger partial charge in [-0.1, -0.05) is 17.7 Å². The fraction of sp³-hybridized carbons (Fsp3) is 0.250. The Labute approximate surface area is 167 Å². The van der Waals surface area contributed by atoms with Crippen LogP contribution in [-0.2, 0) is 17.8 Å². The number of benzene rings is 1. The van der Waals surface area contributed by atoms with Crippen LogP contribution >= 0.6 is 11.6 Å². The third-order valence-electron chi connectivity index (χ3n) is 4.45. The molecule has 0 atom stereocenters. The maximum atomic E-state index is 13.1. The fourth-order valence-electron chi connectivity index (χ4n) is 2.90. The number of hydrogen-bond acceptors (Lipinski definition) is 4. The van der Waals surface area contributed by atoms with E-state index in [2.05, 4.69) is 15.4 Å². The summed E-state index contributed by atoms with van der Waals surface area (Å²) >= 11 is 6.00. The number of aryl methyl sites for hydroxylation is 1. The van der Waals surface area contributed by atoms with Crippen molar-refractivity contribution < 1.29 is 13.9 Å². The lowest BCUT2D eigenvalue weighted by Crippen LogP contribution is -2.25. The Balaban J connectivity index is 1.73. The van der Waals surface area contributed by atoms with E-state index in [0.29, 0.717) is 11.3 Å². The SMILES string of the molecule is COc1cncc(-n2nc(C)c(CC(=O)NCc3ccc(F)cc3Cl)c2C)c1. The molecule has 0 unspecified atom stereocenters. The van der Waals surface area contributed by atoms with Crippen LogP contribution in [0.3, 0.4) is 0 Å². The summed E-state index contributed by atoms with van der Waals surface area (Å²) in [5.41, 5.74) is 3.86. The smallest absolute Gasteiger partial charge is 0.224 e. The second-order valence-electron chi connectivity index (χ2n) is 6.33. The van der Waals surface area contributed by atoms with Crippen LogP contribution in [0.4, 0.5) is 4.39 Å². The topological polar surface area (TPSA) is 69.0 Å². The Kier molecular flexibility index (Phi) is 5.94. The summed E-state index contributed by atoms with van der Waals surface area (Å²) in [7, 11) is 1.57. The Hall–Kier alpha value is -2.93. The molecule has 1 amide bonds. The summed E-state index contributed by atoms with van der Waals surface area (Å²) < 4.78 is 20.1. The van der Waals surface area contributed by atoms with Gasteiger partial charge in [0.15, 0.2) is 0 Å². The first-order valence-electron chi connectivity index (χ1n) is 8.64. The summed E-state index contributed by atoms with van der Waals surface area (Å²) in [5.74, 6) is 0.0428. The van der Waals surface area contributed by atoms with Crippen LogP contribution in [0.5, 0.6) is 5.75 Å². The van der Waals surface area contributed by atoms with E-state index < -0.39 is 5.82 Å². The van der Waals surface area contributed by atoms with Gasteiger partial charge in [0.2, 0.25) is 5.91 Å². The molecule has 2 heterocycles. The third-order valence-corrected chi connectivity index (χ3v) is 4.80. The van der Waals surface area contributed by atoms with Gasteiger partial charge in [0.1, 0.15) is 11.6 Å². The normalized spacial score (nSPS) is 10.8. The van der Waals surface area contributed by atoms with Gasteiger partial charge in [-0.15, -0.1) is 0 Å². The molecule has 0 saturated heterocycles. The van der Waals surface area contributed by atoms with Crippen molar-refractivity contribution in [3.05, 3.63) is 70.0 Å². The highest BCUT2D eigenvalue weighted by Gasteiger charge is 2.16. The highest BCUT2D eigenvalue weighted by molar-refractivity contribution is 6.31. The lowest BCUT2D eigenvalue weighted by molar-refractivity contribution is -0.120. The summed E-state index contributed by atoms with van der Waals surface area (Å²) in [6, 6.07) is 5.92. The van der Waals surface area contributed by atoms with Gasteiger partial charge in [-0.2, -0.15) is 5.10 Å². The Bertz CT molecular complexity index is 1020. The van der Waals surface area contributed by atoms with E-state index in [0.717, 1.165) is 22.6 Å². The van der Waals surface area contributed by atoms with E-state index in [-0.39, 0.29) is 23.9 Å². The molecule has 6 nitrogen and oxygen atoms in total. The minimum absolute atomic E-state index is 0.171. The van der Waals surface area contributed by atoms with Gasteiger partial charge in [0.25, 0.3) is 0 Å². The van der Waals surface area contributed by atoms with Crippen LogP contribution in [0.1, 0.15) is 22.5 Å². The first kappa shape index (κ1) is 19.8. The van der Waals surface area contributed by atoms with Crippen LogP contribution in [0.2, 0.25) is 5.02 Å². The Morgan fingerprint density at radius 1 is 1.29 bits per heavy atom. The minimum Gasteiger partial charge on any atom is -0.495 e. The largest absolute Gasteiger partial charge is 0.495 e. The number of pyridine rings is 1. The molecule has 28 heavy (non-hydrogen) atoms. The molecule has 1 aromatic carbocycles. The molecule has 146 valence electrons. The monoisotopic (exact) mass is 402 g/mol. The zero-order valence-corrected chi connectivity index (χ0v) is 16.5. The molecule has 0 aliphatic heterocycles. The van der Waals surface area contributed by atoms with E-state index in [1.165, 1.54) is 12.1 Å². The zero-order valence-electron chi connectivity index (χ0n) is 15.8. The number of methoxy groups -OCH3 is 1. The zero-order chi connectivity index (χ0) is 20.3. The Morgan fingerprint density at radius 2 is 2.07 bits per heavy atom. The minimum atomic E-state index is -0.411. The Morgan fingerprint density at radius 3 is 2.79 bits per heavy atom. The molecule has 0 bridgehead atoms. The fourth-order valence-corrected chi connectivity index (χ4v) is 3.13. The average Bonchev–Trinajstić information content (AvgIpc) is 2.95. The van der Waals surface area contributed by atoms with Gasteiger partial charge in [-0.25, -0.2) is 9.07 Å². The summed E-state index contributed by atoms with van der Waals surface area (Å²) in [6.45, 7) is 3.99. The lowest BCUT2D eigenvalue weighted by Gasteiger charge is -2.08. The molecule has 3 aromatic rings. The van der Waals surface area contributed by atoms with Crippen molar-refractivity contribution in [2.75, 3.05) is 7.11 Å². The highest BCUT2D eigenvalue weighted by Crippen LogP contribution is 2.21. The van der Waals surface area contributed by atoms with Gasteiger partial charge in [0, 0.05) is 28.9 Å². The molecule has 0 fully saturated rings. The molecule has 0 spiro atoms. The summed E-state index contributed by atoms with van der Waals surface area (Å²) in [4.78, 5) is 16.6. The number of amides is 1. The first-order valence-corrected chi connectivity index (χ1v) is 9.02. The van der Waals surface area contributed by atoms with Gasteiger partial charge in [-0.3, -0.25) is 9.78 Å². The van der Waals surface area contributed by atoms with Crippen molar-refractivity contribution in [3.63, 3.8) is 0 Å². The van der Waals surface area contributed by atoms with Gasteiger partial charge < -0.3 is 10.1 Å². The molecular weight excluding hydrogens is 383 g/mol. The number of aromatic nitrogens is 3. The molecule has 0 saturated carbocycles. The van der Waals surface area contributed by atoms with Gasteiger partial charge in [-0.05, 0) is 31.5 Å². The van der Waals surface area contributed by atoms with Crippen LogP contribution in [0.25, 0.3) is 5.69 Å². The summed E-state index contributed by atoms with van der Waals surface area (Å²) in [6.07, 6.45) is 3.47. The summed E-state index contributed by atoms with van der Waals surface area (Å²) in [5, 5.41) is 7.63. The number of carbonyl (C=O) groups is 1. The average molecular weight is 403 g/mol. The predicted molar refractivity (Wildman–Crippen MR) is 104 cm³/mol. The number of hydrogen-bond donors (Lipinski definition) is 1. The van der Waals surface area contributed by atoms with E-state index in [4.69, 9.17) is 16.3 Å². The second-order valence-corrected chi connectivity index (χ2v) is 6.74. The van der Waals surface area contributed by atoms with Crippen LogP contribution in [-0.4, -0.2) is 27.8 Å². The molecule has 3 rings (SSSR count). The van der Waals surface area contributed by atoms with E-state index >= 15 is 0 Å². The maximum absolute atomic E-state index is 13.1. The first-order chi connectivity index (χ1) is 13.4. The molecule has 0 aliphatic carbocycles. The highest BCUT2D eigenvalue weighted by atomic mass is 35.5. The van der Waals surface area contributed by atoms with E-state index in [1.807, 2.05) is 19.9 Å². The molecular formula is C20H20ClFN4O2. The number of nitrogens with zero attached hydrogens (tertiary/aromatic N) is 3. The maximum Gasteiger partial charge on any atom is 0.224 e. The third kappa shape index (κ3) is 4.31. The molecule has 2 aromatic heterocycles. The van der Waals surface area contributed by atoms with E-state index in [1.54, 1.807) is 30.3 Å². The van der Waals surface area contributed by atoms with Crippen LogP contribution < -0.4 is 10.1 Å². The van der Waals surface area contributed by atoms with Crippen molar-refractivity contribution in [2.24, 2.45) is 0 Å². The number of halogens is 2. The molecule has 8 heteroatoms. The van der Waals surface area contributed by atoms with Crippen molar-refractivity contribution in [2.45, 2.75) is 26.8 Å². The predicted octanol–water partition coefficient (Wildman–Crippen LogP) is 3.54. The number of ether oxygens (including phenoxy) is 1. The van der Waals surface area contributed by atoms with Crippen molar-refractivity contribution in [1.29, 1.82) is 0 Å². The molecule has 0 aliphatic rings. The quantitative estimate of drug-likeness (QED) is 0.684. The molecule has 1 N–H and O–H groups in total. The van der Waals surface area contributed by atoms with E-state index in [9.17, 15) is 9.18 Å². The lowest BCUT2D eigenvalue weighted by atomic mass is 10.1. The standard InChI is InChI=1S/C20H20ClFN4O2/c1-12-18(8-20(27)24-9-14-4-5-15(22)6-19(14)21)13(2)26(25-12)16-7-17(28-3)11-23-10-16/h4-7,10-11H,8-9H2,1-3H3,(H,24,27). The number of carbonyl (C=O) groups excluding carboxylic acids is 1. The van der Waals surface area contributed by atoms with Gasteiger partial charge in [0.05, 0.1) is 37.3 Å². The van der Waals surface area contributed by atoms with Crippen molar-refractivity contribution >= 4 is 17.5 Å². The molecule has 0 radical (unpaired) electrons. The number of rotatable bonds is 6. The van der Waals surface area contributed by atoms with Crippen LogP contribution in [0, 0.1) is 19.7 Å².